The lowest BCUT2D eigenvalue weighted by Crippen LogP contribution is -2.42. The number of amides is 1. The Labute approximate surface area is 112 Å². The molecule has 0 aromatic carbocycles. The molecule has 1 aromatic rings. The highest BCUT2D eigenvalue weighted by Gasteiger charge is 2.36. The zero-order valence-electron chi connectivity index (χ0n) is 11.3. The van der Waals surface area contributed by atoms with Crippen LogP contribution in [0.2, 0.25) is 0 Å². The molecule has 1 aliphatic rings. The van der Waals surface area contributed by atoms with Crippen molar-refractivity contribution in [3.8, 4) is 0 Å². The van der Waals surface area contributed by atoms with Crippen LogP contribution in [0.15, 0.2) is 18.3 Å². The van der Waals surface area contributed by atoms with E-state index in [1.54, 1.807) is 24.1 Å². The van der Waals surface area contributed by atoms with E-state index in [0.717, 1.165) is 12.0 Å². The van der Waals surface area contributed by atoms with Crippen LogP contribution in [-0.2, 0) is 9.53 Å². The second-order valence-electron chi connectivity index (χ2n) is 4.58. The molecule has 1 amide bonds. The van der Waals surface area contributed by atoms with Crippen LogP contribution >= 0.6 is 0 Å². The average molecular weight is 262 g/mol. The van der Waals surface area contributed by atoms with Crippen molar-refractivity contribution in [3.63, 3.8) is 0 Å². The predicted molar refractivity (Wildman–Crippen MR) is 69.7 cm³/mol. The van der Waals surface area contributed by atoms with Gasteiger partial charge in [0.2, 0.25) is 0 Å². The Morgan fingerprint density at radius 1 is 1.53 bits per heavy atom. The number of nitrogens with zero attached hydrogens (tertiary/aromatic N) is 2. The highest BCUT2D eigenvalue weighted by atomic mass is 16.5. The van der Waals surface area contributed by atoms with Crippen LogP contribution < -0.4 is 0 Å². The van der Waals surface area contributed by atoms with E-state index in [0.29, 0.717) is 25.3 Å². The van der Waals surface area contributed by atoms with Crippen molar-refractivity contribution in [1.29, 1.82) is 0 Å². The Bertz CT molecular complexity index is 487. The maximum atomic E-state index is 12.4. The van der Waals surface area contributed by atoms with Gasteiger partial charge >= 0.3 is 5.97 Å². The van der Waals surface area contributed by atoms with Gasteiger partial charge in [0, 0.05) is 12.7 Å². The van der Waals surface area contributed by atoms with E-state index >= 15 is 0 Å². The lowest BCUT2D eigenvalue weighted by molar-refractivity contribution is -0.147. The Kier molecular flexibility index (Phi) is 4.14. The molecule has 2 rings (SSSR count). The minimum absolute atomic E-state index is 0.186. The van der Waals surface area contributed by atoms with Crippen LogP contribution in [0.5, 0.6) is 0 Å². The van der Waals surface area contributed by atoms with E-state index in [4.69, 9.17) is 4.74 Å². The summed E-state index contributed by atoms with van der Waals surface area (Å²) in [6, 6.07) is 3.17. The Morgan fingerprint density at radius 2 is 2.32 bits per heavy atom. The van der Waals surface area contributed by atoms with E-state index in [9.17, 15) is 9.59 Å². The first-order valence-corrected chi connectivity index (χ1v) is 6.54. The van der Waals surface area contributed by atoms with Crippen molar-refractivity contribution >= 4 is 11.9 Å². The number of hydrogen-bond acceptors (Lipinski definition) is 4. The molecular formula is C14H18N2O3. The topological polar surface area (TPSA) is 59.5 Å². The van der Waals surface area contributed by atoms with Crippen LogP contribution in [0.4, 0.5) is 0 Å². The number of esters is 1. The number of ether oxygens (including phenoxy) is 1. The lowest BCUT2D eigenvalue weighted by atomic mass is 10.1. The van der Waals surface area contributed by atoms with Gasteiger partial charge < -0.3 is 9.64 Å². The SMILES string of the molecule is CCOC(=O)C1CCCN1C(=O)c1ncccc1C. The third-order valence-corrected chi connectivity index (χ3v) is 3.28. The molecule has 0 N–H and O–H groups in total. The molecule has 1 saturated heterocycles. The third-order valence-electron chi connectivity index (χ3n) is 3.28. The van der Waals surface area contributed by atoms with Gasteiger partial charge in [-0.2, -0.15) is 0 Å². The minimum Gasteiger partial charge on any atom is -0.464 e. The highest BCUT2D eigenvalue weighted by molar-refractivity contribution is 5.96. The van der Waals surface area contributed by atoms with Crippen molar-refractivity contribution in [2.45, 2.75) is 32.7 Å². The molecule has 19 heavy (non-hydrogen) atoms. The second-order valence-corrected chi connectivity index (χ2v) is 4.58. The third kappa shape index (κ3) is 2.75. The quantitative estimate of drug-likeness (QED) is 0.776. The zero-order valence-corrected chi connectivity index (χ0v) is 11.3. The first kappa shape index (κ1) is 13.5. The van der Waals surface area contributed by atoms with Gasteiger partial charge in [0.05, 0.1) is 6.61 Å². The van der Waals surface area contributed by atoms with Crippen molar-refractivity contribution < 1.29 is 14.3 Å². The van der Waals surface area contributed by atoms with Gasteiger partial charge in [-0.3, -0.25) is 9.78 Å². The molecule has 0 saturated carbocycles. The molecule has 102 valence electrons. The first-order chi connectivity index (χ1) is 9.15. The van der Waals surface area contributed by atoms with Crippen LogP contribution in [-0.4, -0.2) is 41.0 Å². The van der Waals surface area contributed by atoms with Crippen molar-refractivity contribution in [3.05, 3.63) is 29.6 Å². The maximum absolute atomic E-state index is 12.4. The van der Waals surface area contributed by atoms with Gasteiger partial charge in [0.1, 0.15) is 11.7 Å². The fraction of sp³-hybridized carbons (Fsp3) is 0.500. The van der Waals surface area contributed by atoms with Crippen LogP contribution in [0.3, 0.4) is 0 Å². The molecule has 0 aliphatic carbocycles. The minimum atomic E-state index is -0.464. The summed E-state index contributed by atoms with van der Waals surface area (Å²) in [4.78, 5) is 30.0. The second kappa shape index (κ2) is 5.82. The molecule has 2 heterocycles. The van der Waals surface area contributed by atoms with E-state index in [1.807, 2.05) is 13.0 Å². The van der Waals surface area contributed by atoms with Crippen LogP contribution in [0.25, 0.3) is 0 Å². The number of hydrogen-bond donors (Lipinski definition) is 0. The molecule has 1 aromatic heterocycles. The summed E-state index contributed by atoms with van der Waals surface area (Å²) in [7, 11) is 0. The number of rotatable bonds is 3. The smallest absolute Gasteiger partial charge is 0.328 e. The summed E-state index contributed by atoms with van der Waals surface area (Å²) in [6.45, 7) is 4.52. The summed E-state index contributed by atoms with van der Waals surface area (Å²) in [5.74, 6) is -0.504. The number of aromatic nitrogens is 1. The molecule has 1 fully saturated rings. The van der Waals surface area contributed by atoms with Gasteiger partial charge in [0.25, 0.3) is 5.91 Å². The molecule has 0 radical (unpaired) electrons. The normalized spacial score (nSPS) is 18.4. The molecule has 1 atom stereocenters. The number of aryl methyl sites for hydroxylation is 1. The summed E-state index contributed by atoms with van der Waals surface area (Å²) < 4.78 is 5.02. The van der Waals surface area contributed by atoms with Gasteiger partial charge in [-0.15, -0.1) is 0 Å². The van der Waals surface area contributed by atoms with Crippen molar-refractivity contribution in [2.24, 2.45) is 0 Å². The summed E-state index contributed by atoms with van der Waals surface area (Å²) >= 11 is 0. The zero-order chi connectivity index (χ0) is 13.8. The van der Waals surface area contributed by atoms with E-state index in [-0.39, 0.29) is 11.9 Å². The Morgan fingerprint density at radius 3 is 3.00 bits per heavy atom. The molecular weight excluding hydrogens is 244 g/mol. The van der Waals surface area contributed by atoms with Crippen LogP contribution in [0, 0.1) is 6.92 Å². The standard InChI is InChI=1S/C14H18N2O3/c1-3-19-14(18)11-7-5-9-16(11)13(17)12-10(2)6-4-8-15-12/h4,6,8,11H,3,5,7,9H2,1-2H3. The van der Waals surface area contributed by atoms with Crippen molar-refractivity contribution in [1.82, 2.24) is 9.88 Å². The van der Waals surface area contributed by atoms with Gasteiger partial charge in [-0.1, -0.05) is 6.07 Å². The molecule has 0 spiro atoms. The van der Waals surface area contributed by atoms with Crippen LogP contribution in [0.1, 0.15) is 35.8 Å². The molecule has 1 aliphatic heterocycles. The molecule has 5 nitrogen and oxygen atoms in total. The Balaban J connectivity index is 2.19. The first-order valence-electron chi connectivity index (χ1n) is 6.54. The highest BCUT2D eigenvalue weighted by Crippen LogP contribution is 2.21. The maximum Gasteiger partial charge on any atom is 0.328 e. The lowest BCUT2D eigenvalue weighted by Gasteiger charge is -2.23. The monoisotopic (exact) mass is 262 g/mol. The fourth-order valence-electron chi connectivity index (χ4n) is 2.34. The summed E-state index contributed by atoms with van der Waals surface area (Å²) in [5.41, 5.74) is 1.24. The number of likely N-dealkylation sites (tertiary alicyclic amines) is 1. The molecule has 1 unspecified atom stereocenters. The van der Waals surface area contributed by atoms with E-state index < -0.39 is 6.04 Å². The predicted octanol–water partition coefficient (Wildman–Crippen LogP) is 1.56. The summed E-state index contributed by atoms with van der Waals surface area (Å²) in [6.07, 6.45) is 3.08. The summed E-state index contributed by atoms with van der Waals surface area (Å²) in [5, 5.41) is 0. The van der Waals surface area contributed by atoms with E-state index in [1.165, 1.54) is 0 Å². The van der Waals surface area contributed by atoms with Gasteiger partial charge in [0.15, 0.2) is 0 Å². The van der Waals surface area contributed by atoms with Gasteiger partial charge in [-0.25, -0.2) is 4.79 Å². The average Bonchev–Trinajstić information content (AvgIpc) is 2.88. The van der Waals surface area contributed by atoms with Crippen molar-refractivity contribution in [2.75, 3.05) is 13.2 Å². The molecule has 0 bridgehead atoms. The largest absolute Gasteiger partial charge is 0.464 e. The number of carbonyl (C=O) groups is 2. The fourth-order valence-corrected chi connectivity index (χ4v) is 2.34. The number of pyridine rings is 1. The van der Waals surface area contributed by atoms with Gasteiger partial charge in [-0.05, 0) is 38.3 Å². The number of carbonyl (C=O) groups excluding carboxylic acids is 2. The van der Waals surface area contributed by atoms with E-state index in [2.05, 4.69) is 4.98 Å². The molecule has 5 heteroatoms. The Hall–Kier alpha value is -1.91.